The molecule has 25 heavy (non-hydrogen) atoms. The molecule has 0 saturated carbocycles. The molecule has 1 fully saturated rings. The maximum Gasteiger partial charge on any atom is 0.266 e. The number of sulfonamides is 1. The third kappa shape index (κ3) is 2.83. The van der Waals surface area contributed by atoms with Crippen LogP contribution in [0.4, 0.5) is 0 Å². The van der Waals surface area contributed by atoms with E-state index in [2.05, 4.69) is 10.1 Å². The van der Waals surface area contributed by atoms with E-state index in [0.717, 1.165) is 5.39 Å². The van der Waals surface area contributed by atoms with Gasteiger partial charge in [-0.25, -0.2) is 13.1 Å². The van der Waals surface area contributed by atoms with Crippen LogP contribution >= 0.6 is 0 Å². The van der Waals surface area contributed by atoms with Gasteiger partial charge in [0.05, 0.1) is 12.1 Å². The zero-order valence-electron chi connectivity index (χ0n) is 13.3. The summed E-state index contributed by atoms with van der Waals surface area (Å²) in [5.74, 6) is 0.0744. The fourth-order valence-corrected chi connectivity index (χ4v) is 4.78. The first kappa shape index (κ1) is 15.9. The summed E-state index contributed by atoms with van der Waals surface area (Å²) in [6, 6.07) is 11.8. The molecule has 0 bridgehead atoms. The second kappa shape index (κ2) is 6.05. The summed E-state index contributed by atoms with van der Waals surface area (Å²) in [5.41, 5.74) is 0.302. The minimum atomic E-state index is -3.60. The fraction of sp³-hybridized carbons (Fsp3) is 0.235. The van der Waals surface area contributed by atoms with Gasteiger partial charge < -0.3 is 0 Å². The van der Waals surface area contributed by atoms with Crippen LogP contribution in [0.25, 0.3) is 10.9 Å². The van der Waals surface area contributed by atoms with Crippen LogP contribution in [-0.4, -0.2) is 40.6 Å². The molecule has 0 radical (unpaired) electrons. The van der Waals surface area contributed by atoms with Crippen molar-refractivity contribution in [3.63, 3.8) is 0 Å². The maximum atomic E-state index is 12.9. The van der Waals surface area contributed by atoms with Gasteiger partial charge in [-0.2, -0.15) is 9.40 Å². The van der Waals surface area contributed by atoms with E-state index >= 15 is 0 Å². The largest absolute Gasteiger partial charge is 0.268 e. The van der Waals surface area contributed by atoms with E-state index in [1.54, 1.807) is 36.7 Å². The molecule has 8 heteroatoms. The van der Waals surface area contributed by atoms with Crippen LogP contribution in [0.3, 0.4) is 0 Å². The van der Waals surface area contributed by atoms with Gasteiger partial charge in [0.1, 0.15) is 4.90 Å². The predicted molar refractivity (Wildman–Crippen MR) is 92.5 cm³/mol. The lowest BCUT2D eigenvalue weighted by Crippen LogP contribution is -2.52. The lowest BCUT2D eigenvalue weighted by atomic mass is 10.0. The Balaban J connectivity index is 1.55. The molecule has 7 nitrogen and oxygen atoms in total. The highest BCUT2D eigenvalue weighted by Crippen LogP contribution is 2.29. The average Bonchev–Trinajstić information content (AvgIpc) is 2.58. The molecule has 0 unspecified atom stereocenters. The lowest BCUT2D eigenvalue weighted by molar-refractivity contribution is 0.172. The Morgan fingerprint density at radius 1 is 1.04 bits per heavy atom. The number of rotatable bonds is 4. The summed E-state index contributed by atoms with van der Waals surface area (Å²) in [4.78, 5) is 16.1. The summed E-state index contributed by atoms with van der Waals surface area (Å²) >= 11 is 0. The topological polar surface area (TPSA) is 85.2 Å². The van der Waals surface area contributed by atoms with E-state index in [1.807, 2.05) is 12.1 Å². The van der Waals surface area contributed by atoms with Gasteiger partial charge in [0, 0.05) is 42.9 Å². The molecule has 1 aliphatic rings. The van der Waals surface area contributed by atoms with E-state index in [4.69, 9.17) is 0 Å². The van der Waals surface area contributed by atoms with E-state index in [9.17, 15) is 13.2 Å². The van der Waals surface area contributed by atoms with E-state index < -0.39 is 10.0 Å². The number of hydrogen-bond donors (Lipinski definition) is 0. The first-order valence-electron chi connectivity index (χ1n) is 7.92. The highest BCUT2D eigenvalue weighted by Gasteiger charge is 2.38. The third-order valence-electron chi connectivity index (χ3n) is 4.35. The van der Waals surface area contributed by atoms with Crippen molar-refractivity contribution in [3.05, 3.63) is 65.2 Å². The first-order valence-corrected chi connectivity index (χ1v) is 9.36. The second-order valence-corrected chi connectivity index (χ2v) is 7.97. The number of pyridine rings is 1. The van der Waals surface area contributed by atoms with Gasteiger partial charge in [-0.05, 0) is 18.2 Å². The van der Waals surface area contributed by atoms with Crippen molar-refractivity contribution in [2.45, 2.75) is 11.4 Å². The number of para-hydroxylation sites is 1. The molecule has 128 valence electrons. The monoisotopic (exact) mass is 356 g/mol. The standard InChI is InChI=1S/C17H16N4O3S/c22-16-7-3-9-19-21(16)12-13-10-20(11-13)25(23,24)15-6-1-4-14-5-2-8-18-17(14)15/h1-9,13H,10-12H2. The van der Waals surface area contributed by atoms with Crippen molar-refractivity contribution in [2.24, 2.45) is 5.92 Å². The number of aromatic nitrogens is 3. The number of hydrogen-bond acceptors (Lipinski definition) is 5. The van der Waals surface area contributed by atoms with Gasteiger partial charge in [0.15, 0.2) is 0 Å². The molecular weight excluding hydrogens is 340 g/mol. The highest BCUT2D eigenvalue weighted by atomic mass is 32.2. The SMILES string of the molecule is O=c1cccnn1CC1CN(S(=O)(=O)c2cccc3cccnc23)C1. The Hall–Kier alpha value is -2.58. The van der Waals surface area contributed by atoms with Crippen LogP contribution in [0.1, 0.15) is 0 Å². The summed E-state index contributed by atoms with van der Waals surface area (Å²) in [6.07, 6.45) is 3.14. The minimum absolute atomic E-state index is 0.0744. The molecule has 1 aliphatic heterocycles. The molecule has 3 aromatic rings. The highest BCUT2D eigenvalue weighted by molar-refractivity contribution is 7.89. The molecular formula is C17H16N4O3S. The fourth-order valence-electron chi connectivity index (χ4n) is 3.03. The van der Waals surface area contributed by atoms with Gasteiger partial charge in [-0.15, -0.1) is 0 Å². The summed E-state index contributed by atoms with van der Waals surface area (Å²) in [5, 5.41) is 4.80. The van der Waals surface area contributed by atoms with E-state index in [-0.39, 0.29) is 16.4 Å². The zero-order valence-corrected chi connectivity index (χ0v) is 14.1. The van der Waals surface area contributed by atoms with Crippen molar-refractivity contribution in [1.82, 2.24) is 19.1 Å². The van der Waals surface area contributed by atoms with Crippen molar-refractivity contribution in [2.75, 3.05) is 13.1 Å². The van der Waals surface area contributed by atoms with Crippen LogP contribution in [0, 0.1) is 5.92 Å². The summed E-state index contributed by atoms with van der Waals surface area (Å²) < 4.78 is 28.6. The molecule has 0 spiro atoms. The average molecular weight is 356 g/mol. The van der Waals surface area contributed by atoms with Crippen LogP contribution < -0.4 is 5.56 Å². The smallest absolute Gasteiger partial charge is 0.266 e. The van der Waals surface area contributed by atoms with Gasteiger partial charge in [-0.1, -0.05) is 18.2 Å². The Labute approximate surface area is 144 Å². The van der Waals surface area contributed by atoms with E-state index in [1.165, 1.54) is 15.1 Å². The normalized spacial score (nSPS) is 16.0. The molecule has 0 aliphatic carbocycles. The zero-order chi connectivity index (χ0) is 17.4. The van der Waals surface area contributed by atoms with Crippen molar-refractivity contribution < 1.29 is 8.42 Å². The van der Waals surface area contributed by atoms with E-state index in [0.29, 0.717) is 25.2 Å². The Kier molecular flexibility index (Phi) is 3.85. The van der Waals surface area contributed by atoms with Crippen molar-refractivity contribution in [3.8, 4) is 0 Å². The maximum absolute atomic E-state index is 12.9. The van der Waals surface area contributed by atoms with Crippen LogP contribution in [0.15, 0.2) is 64.5 Å². The predicted octanol–water partition coefficient (Wildman–Crippen LogP) is 1.11. The third-order valence-corrected chi connectivity index (χ3v) is 6.22. The van der Waals surface area contributed by atoms with Crippen molar-refractivity contribution >= 4 is 20.9 Å². The molecule has 0 N–H and O–H groups in total. The van der Waals surface area contributed by atoms with Gasteiger partial charge in [0.2, 0.25) is 10.0 Å². The lowest BCUT2D eigenvalue weighted by Gasteiger charge is -2.38. The minimum Gasteiger partial charge on any atom is -0.268 e. The number of nitrogens with zero attached hydrogens (tertiary/aromatic N) is 4. The molecule has 0 amide bonds. The Bertz CT molecular complexity index is 1080. The van der Waals surface area contributed by atoms with Gasteiger partial charge in [-0.3, -0.25) is 9.78 Å². The first-order chi connectivity index (χ1) is 12.1. The van der Waals surface area contributed by atoms with Gasteiger partial charge >= 0.3 is 0 Å². The Morgan fingerprint density at radius 2 is 1.80 bits per heavy atom. The van der Waals surface area contributed by atoms with Gasteiger partial charge in [0.25, 0.3) is 5.56 Å². The van der Waals surface area contributed by atoms with Crippen LogP contribution in [0.2, 0.25) is 0 Å². The Morgan fingerprint density at radius 3 is 2.60 bits per heavy atom. The molecule has 1 saturated heterocycles. The molecule has 2 aromatic heterocycles. The summed E-state index contributed by atoms with van der Waals surface area (Å²) in [6.45, 7) is 1.16. The number of fused-ring (bicyclic) bond motifs is 1. The van der Waals surface area contributed by atoms with Crippen molar-refractivity contribution in [1.29, 1.82) is 0 Å². The molecule has 3 heterocycles. The molecule has 0 atom stereocenters. The molecule has 1 aromatic carbocycles. The van der Waals surface area contributed by atoms with Crippen LogP contribution in [-0.2, 0) is 16.6 Å². The number of benzene rings is 1. The molecule has 4 rings (SSSR count). The van der Waals surface area contributed by atoms with Crippen LogP contribution in [0.5, 0.6) is 0 Å². The summed E-state index contributed by atoms with van der Waals surface area (Å²) in [7, 11) is -3.60. The second-order valence-electron chi connectivity index (χ2n) is 6.06. The quantitative estimate of drug-likeness (QED) is 0.699.